The maximum atomic E-state index is 13.7. The minimum Gasteiger partial charge on any atom is -0.493 e. The number of amides is 1. The summed E-state index contributed by atoms with van der Waals surface area (Å²) in [4.78, 5) is 48.0. The molecule has 0 aliphatic rings. The van der Waals surface area contributed by atoms with Gasteiger partial charge in [0.15, 0.2) is 10.9 Å². The summed E-state index contributed by atoms with van der Waals surface area (Å²) >= 11 is 1.13. The van der Waals surface area contributed by atoms with E-state index in [0.717, 1.165) is 27.2 Å². The Labute approximate surface area is 236 Å². The van der Waals surface area contributed by atoms with Crippen molar-refractivity contribution < 1.29 is 19.4 Å². The van der Waals surface area contributed by atoms with Gasteiger partial charge < -0.3 is 25.0 Å². The second-order valence-electron chi connectivity index (χ2n) is 9.41. The SMILES string of the molecule is CCC(=O)c1csc(NC(=O)[C@H]([C@@H](C)c2ccccc2)n2c(O)c(-c3ccc(N(C)CCOC)cc3)[nH]c2=O)n1. The van der Waals surface area contributed by atoms with E-state index in [1.54, 1.807) is 31.5 Å². The number of carbonyl (C=O) groups is 2. The third-order valence-electron chi connectivity index (χ3n) is 6.82. The molecule has 0 bridgehead atoms. The van der Waals surface area contributed by atoms with Crippen molar-refractivity contribution in [2.45, 2.75) is 32.2 Å². The molecule has 0 aliphatic heterocycles. The van der Waals surface area contributed by atoms with E-state index < -0.39 is 23.6 Å². The van der Waals surface area contributed by atoms with E-state index in [0.29, 0.717) is 25.1 Å². The molecule has 4 rings (SSSR count). The molecular weight excluding hydrogens is 530 g/mol. The predicted octanol–water partition coefficient (Wildman–Crippen LogP) is 4.66. The van der Waals surface area contributed by atoms with Crippen LogP contribution < -0.4 is 15.9 Å². The molecule has 0 fully saturated rings. The van der Waals surface area contributed by atoms with Crippen molar-refractivity contribution in [1.82, 2.24) is 14.5 Å². The average molecular weight is 564 g/mol. The van der Waals surface area contributed by atoms with Crippen LogP contribution in [0.5, 0.6) is 5.88 Å². The zero-order valence-electron chi connectivity index (χ0n) is 22.9. The Morgan fingerprint density at radius 2 is 1.88 bits per heavy atom. The van der Waals surface area contributed by atoms with Crippen LogP contribution in [0.4, 0.5) is 10.8 Å². The lowest BCUT2D eigenvalue weighted by Crippen LogP contribution is -2.35. The fourth-order valence-corrected chi connectivity index (χ4v) is 5.18. The van der Waals surface area contributed by atoms with Crippen LogP contribution in [0, 0.1) is 0 Å². The van der Waals surface area contributed by atoms with Gasteiger partial charge in [0.25, 0.3) is 0 Å². The smallest absolute Gasteiger partial charge is 0.329 e. The molecule has 11 heteroatoms. The molecule has 0 spiro atoms. The van der Waals surface area contributed by atoms with Crippen molar-refractivity contribution in [3.8, 4) is 17.1 Å². The normalized spacial score (nSPS) is 12.6. The van der Waals surface area contributed by atoms with Crippen LogP contribution in [0.3, 0.4) is 0 Å². The van der Waals surface area contributed by atoms with Gasteiger partial charge in [-0.15, -0.1) is 11.3 Å². The lowest BCUT2D eigenvalue weighted by molar-refractivity contribution is -0.120. The van der Waals surface area contributed by atoms with Gasteiger partial charge in [0.2, 0.25) is 11.8 Å². The number of anilines is 2. The maximum Gasteiger partial charge on any atom is 0.329 e. The van der Waals surface area contributed by atoms with Gasteiger partial charge in [-0.25, -0.2) is 14.3 Å². The summed E-state index contributed by atoms with van der Waals surface area (Å²) in [5.41, 5.74) is 2.20. The number of H-pyrrole nitrogens is 1. The Morgan fingerprint density at radius 1 is 1.18 bits per heavy atom. The van der Waals surface area contributed by atoms with E-state index in [-0.39, 0.29) is 28.2 Å². The fourth-order valence-electron chi connectivity index (χ4n) is 4.47. The quantitative estimate of drug-likeness (QED) is 0.214. The first-order valence-electron chi connectivity index (χ1n) is 12.9. The number of rotatable bonds is 12. The minimum absolute atomic E-state index is 0.133. The van der Waals surface area contributed by atoms with Gasteiger partial charge in [-0.3, -0.25) is 9.59 Å². The number of aromatic amines is 1. The van der Waals surface area contributed by atoms with Crippen LogP contribution in [0.15, 0.2) is 64.8 Å². The largest absolute Gasteiger partial charge is 0.493 e. The predicted molar refractivity (Wildman–Crippen MR) is 157 cm³/mol. The molecule has 210 valence electrons. The van der Waals surface area contributed by atoms with E-state index in [1.165, 1.54) is 0 Å². The van der Waals surface area contributed by atoms with Gasteiger partial charge >= 0.3 is 5.69 Å². The molecule has 2 aromatic heterocycles. The van der Waals surface area contributed by atoms with Crippen LogP contribution in [0.2, 0.25) is 0 Å². The molecule has 1 amide bonds. The average Bonchev–Trinajstić information content (AvgIpc) is 3.56. The Morgan fingerprint density at radius 3 is 2.52 bits per heavy atom. The monoisotopic (exact) mass is 563 g/mol. The number of benzene rings is 2. The topological polar surface area (TPSA) is 130 Å². The number of thiazole rings is 1. The zero-order valence-corrected chi connectivity index (χ0v) is 23.7. The molecule has 0 saturated carbocycles. The number of methoxy groups -OCH3 is 1. The van der Waals surface area contributed by atoms with Crippen LogP contribution >= 0.6 is 11.3 Å². The number of nitrogens with one attached hydrogen (secondary N) is 2. The first kappa shape index (κ1) is 28.8. The highest BCUT2D eigenvalue weighted by molar-refractivity contribution is 7.14. The minimum atomic E-state index is -1.12. The van der Waals surface area contributed by atoms with Gasteiger partial charge in [-0.1, -0.05) is 56.3 Å². The van der Waals surface area contributed by atoms with Gasteiger partial charge in [-0.05, 0) is 17.7 Å². The Balaban J connectivity index is 1.70. The van der Waals surface area contributed by atoms with Crippen molar-refractivity contribution in [3.63, 3.8) is 0 Å². The summed E-state index contributed by atoms with van der Waals surface area (Å²) in [6, 6.07) is 15.5. The second-order valence-corrected chi connectivity index (χ2v) is 10.3. The Kier molecular flexibility index (Phi) is 9.18. The highest BCUT2D eigenvalue weighted by atomic mass is 32.1. The second kappa shape index (κ2) is 12.8. The Bertz CT molecular complexity index is 1510. The molecule has 2 atom stereocenters. The molecule has 2 heterocycles. The number of aromatic nitrogens is 3. The molecule has 0 radical (unpaired) electrons. The molecule has 0 saturated heterocycles. The van der Waals surface area contributed by atoms with Crippen molar-refractivity contribution >= 4 is 33.8 Å². The number of carbonyl (C=O) groups excluding carboxylic acids is 2. The van der Waals surface area contributed by atoms with Crippen molar-refractivity contribution in [1.29, 1.82) is 0 Å². The highest BCUT2D eigenvalue weighted by Gasteiger charge is 2.34. The van der Waals surface area contributed by atoms with Crippen LogP contribution in [0.25, 0.3) is 11.3 Å². The number of imidazole rings is 1. The van der Waals surface area contributed by atoms with E-state index in [2.05, 4.69) is 15.3 Å². The Hall–Kier alpha value is -4.22. The number of aromatic hydroxyl groups is 1. The van der Waals surface area contributed by atoms with Crippen molar-refractivity contribution in [2.24, 2.45) is 0 Å². The fraction of sp³-hybridized carbons (Fsp3) is 0.310. The number of ketones is 1. The molecule has 2 aromatic carbocycles. The summed E-state index contributed by atoms with van der Waals surface area (Å²) < 4.78 is 6.21. The summed E-state index contributed by atoms with van der Waals surface area (Å²) in [6.45, 7) is 4.84. The van der Waals surface area contributed by atoms with Gasteiger partial charge in [0.05, 0.1) is 6.61 Å². The third kappa shape index (κ3) is 6.16. The van der Waals surface area contributed by atoms with Gasteiger partial charge in [0, 0.05) is 49.7 Å². The standard InChI is InChI=1S/C29H33N5O5S/c1-5-23(35)22-17-40-28(30-22)32-26(36)25(18(2)19-9-7-6-8-10-19)34-27(37)24(31-29(34)38)20-11-13-21(14-12-20)33(3)15-16-39-4/h6-14,17-18,25,37H,5,15-16H2,1-4H3,(H,31,38)(H,30,32,36)/t18-,25-/m0/s1. The number of hydrogen-bond donors (Lipinski definition) is 3. The van der Waals surface area contributed by atoms with Crippen molar-refractivity contribution in [3.05, 3.63) is 81.7 Å². The van der Waals surface area contributed by atoms with E-state index >= 15 is 0 Å². The van der Waals surface area contributed by atoms with Crippen LogP contribution in [-0.2, 0) is 9.53 Å². The zero-order chi connectivity index (χ0) is 28.8. The third-order valence-corrected chi connectivity index (χ3v) is 7.57. The van der Waals surface area contributed by atoms with E-state index in [9.17, 15) is 19.5 Å². The summed E-state index contributed by atoms with van der Waals surface area (Å²) in [7, 11) is 3.59. The first-order chi connectivity index (χ1) is 19.2. The maximum absolute atomic E-state index is 13.7. The number of nitrogens with zero attached hydrogens (tertiary/aromatic N) is 3. The molecule has 10 nitrogen and oxygen atoms in total. The molecule has 0 unspecified atom stereocenters. The number of hydrogen-bond acceptors (Lipinski definition) is 8. The summed E-state index contributed by atoms with van der Waals surface area (Å²) in [5, 5.41) is 15.9. The first-order valence-corrected chi connectivity index (χ1v) is 13.8. The lowest BCUT2D eigenvalue weighted by atomic mass is 9.92. The number of Topliss-reactive ketones (excluding diaryl/α,β-unsaturated/α-hetero) is 1. The van der Waals surface area contributed by atoms with Crippen LogP contribution in [0.1, 0.15) is 48.3 Å². The van der Waals surface area contributed by atoms with Gasteiger partial charge in [0.1, 0.15) is 17.4 Å². The van der Waals surface area contributed by atoms with Crippen molar-refractivity contribution in [2.75, 3.05) is 37.5 Å². The number of likely N-dealkylation sites (N-methyl/N-ethyl adjacent to an activating group) is 1. The molecular formula is C29H33N5O5S. The molecule has 0 aliphatic carbocycles. The lowest BCUT2D eigenvalue weighted by Gasteiger charge is -2.24. The number of ether oxygens (including phenoxy) is 1. The van der Waals surface area contributed by atoms with Crippen LogP contribution in [-0.4, -0.2) is 58.6 Å². The summed E-state index contributed by atoms with van der Waals surface area (Å²) in [6.07, 6.45) is 0.296. The molecule has 40 heavy (non-hydrogen) atoms. The molecule has 3 N–H and O–H groups in total. The molecule has 4 aromatic rings. The van der Waals surface area contributed by atoms with E-state index in [1.807, 2.05) is 61.3 Å². The van der Waals surface area contributed by atoms with E-state index in [4.69, 9.17) is 4.74 Å². The highest BCUT2D eigenvalue weighted by Crippen LogP contribution is 2.36. The summed E-state index contributed by atoms with van der Waals surface area (Å²) in [5.74, 6) is -1.53. The van der Waals surface area contributed by atoms with Gasteiger partial charge in [-0.2, -0.15) is 0 Å².